The Morgan fingerprint density at radius 2 is 1.83 bits per heavy atom. The zero-order valence-corrected chi connectivity index (χ0v) is 17.6. The van der Waals surface area contributed by atoms with Crippen LogP contribution in [-0.4, -0.2) is 30.3 Å². The minimum absolute atomic E-state index is 0.0455. The van der Waals surface area contributed by atoms with E-state index in [-0.39, 0.29) is 11.4 Å². The standard InChI is InChI=1S/C24H24N2O3S/c1-28-21-11-6-10-20(16-21)25-24(27)26-13-14-30-23(26)19-9-5-12-22(15-19)29-17-18-7-3-2-4-8-18/h2-12,15-16,23H,13-14,17H2,1H3,(H,25,27). The van der Waals surface area contributed by atoms with Crippen LogP contribution in [0.1, 0.15) is 16.5 Å². The zero-order chi connectivity index (χ0) is 20.8. The molecule has 0 aliphatic carbocycles. The molecular formula is C24H24N2O3S. The minimum Gasteiger partial charge on any atom is -0.497 e. The number of urea groups is 1. The molecule has 2 amide bonds. The first-order valence-corrected chi connectivity index (χ1v) is 10.9. The van der Waals surface area contributed by atoms with Gasteiger partial charge in [0.15, 0.2) is 0 Å². The highest BCUT2D eigenvalue weighted by molar-refractivity contribution is 7.99. The summed E-state index contributed by atoms with van der Waals surface area (Å²) >= 11 is 1.76. The molecule has 0 aromatic heterocycles. The van der Waals surface area contributed by atoms with E-state index >= 15 is 0 Å². The smallest absolute Gasteiger partial charge is 0.323 e. The summed E-state index contributed by atoms with van der Waals surface area (Å²) in [5.74, 6) is 2.41. The molecule has 154 valence electrons. The molecule has 1 unspecified atom stereocenters. The van der Waals surface area contributed by atoms with Gasteiger partial charge in [-0.2, -0.15) is 0 Å². The number of methoxy groups -OCH3 is 1. The van der Waals surface area contributed by atoms with Crippen molar-refractivity contribution in [3.8, 4) is 11.5 Å². The Labute approximate surface area is 181 Å². The fourth-order valence-corrected chi connectivity index (χ4v) is 4.59. The van der Waals surface area contributed by atoms with Gasteiger partial charge in [0.05, 0.1) is 7.11 Å². The summed E-state index contributed by atoms with van der Waals surface area (Å²) in [4.78, 5) is 14.8. The number of benzene rings is 3. The van der Waals surface area contributed by atoms with Crippen LogP contribution < -0.4 is 14.8 Å². The molecule has 3 aromatic carbocycles. The fourth-order valence-electron chi connectivity index (χ4n) is 3.35. The maximum absolute atomic E-state index is 12.9. The van der Waals surface area contributed by atoms with Gasteiger partial charge in [0.2, 0.25) is 0 Å². The molecular weight excluding hydrogens is 396 g/mol. The van der Waals surface area contributed by atoms with E-state index in [0.717, 1.165) is 28.3 Å². The second-order valence-corrected chi connectivity index (χ2v) is 8.11. The Bertz CT molecular complexity index is 997. The number of amides is 2. The van der Waals surface area contributed by atoms with E-state index in [2.05, 4.69) is 5.32 Å². The SMILES string of the molecule is COc1cccc(NC(=O)N2CCSC2c2cccc(OCc3ccccc3)c2)c1. The summed E-state index contributed by atoms with van der Waals surface area (Å²) in [5, 5.41) is 2.94. The number of carbonyl (C=O) groups is 1. The molecule has 1 aliphatic heterocycles. The Hall–Kier alpha value is -3.12. The highest BCUT2D eigenvalue weighted by Crippen LogP contribution is 2.39. The summed E-state index contributed by atoms with van der Waals surface area (Å²) in [5.41, 5.74) is 2.90. The van der Waals surface area contributed by atoms with Crippen molar-refractivity contribution in [2.45, 2.75) is 12.0 Å². The van der Waals surface area contributed by atoms with E-state index in [1.807, 2.05) is 83.8 Å². The van der Waals surface area contributed by atoms with Crippen molar-refractivity contribution in [3.63, 3.8) is 0 Å². The Morgan fingerprint density at radius 3 is 2.67 bits per heavy atom. The van der Waals surface area contributed by atoms with Gasteiger partial charge in [-0.15, -0.1) is 11.8 Å². The van der Waals surface area contributed by atoms with Gasteiger partial charge in [0, 0.05) is 24.1 Å². The van der Waals surface area contributed by atoms with Crippen LogP contribution in [0.3, 0.4) is 0 Å². The Kier molecular flexibility index (Phi) is 6.44. The summed E-state index contributed by atoms with van der Waals surface area (Å²) in [6.45, 7) is 1.21. The lowest BCUT2D eigenvalue weighted by Crippen LogP contribution is -2.34. The average Bonchev–Trinajstić information content (AvgIpc) is 3.29. The molecule has 0 spiro atoms. The molecule has 0 radical (unpaired) electrons. The molecule has 1 aliphatic rings. The van der Waals surface area contributed by atoms with Crippen LogP contribution in [0.15, 0.2) is 78.9 Å². The van der Waals surface area contributed by atoms with Crippen molar-refractivity contribution in [2.75, 3.05) is 24.7 Å². The van der Waals surface area contributed by atoms with Crippen molar-refractivity contribution in [3.05, 3.63) is 90.0 Å². The maximum Gasteiger partial charge on any atom is 0.323 e. The highest BCUT2D eigenvalue weighted by atomic mass is 32.2. The van der Waals surface area contributed by atoms with Crippen LogP contribution >= 0.6 is 11.8 Å². The minimum atomic E-state index is -0.117. The molecule has 4 rings (SSSR count). The van der Waals surface area contributed by atoms with Crippen molar-refractivity contribution >= 4 is 23.5 Å². The van der Waals surface area contributed by atoms with Crippen LogP contribution in [-0.2, 0) is 6.61 Å². The number of ether oxygens (including phenoxy) is 2. The highest BCUT2D eigenvalue weighted by Gasteiger charge is 2.31. The lowest BCUT2D eigenvalue weighted by Gasteiger charge is -2.25. The molecule has 1 atom stereocenters. The third-order valence-corrected chi connectivity index (χ3v) is 6.13. The lowest BCUT2D eigenvalue weighted by atomic mass is 10.2. The van der Waals surface area contributed by atoms with Crippen LogP contribution in [0.5, 0.6) is 11.5 Å². The first kappa shape index (κ1) is 20.2. The number of rotatable bonds is 6. The quantitative estimate of drug-likeness (QED) is 0.568. The summed E-state index contributed by atoms with van der Waals surface area (Å²) in [6, 6.07) is 25.4. The molecule has 1 fully saturated rings. The van der Waals surface area contributed by atoms with Crippen LogP contribution in [0, 0.1) is 0 Å². The molecule has 6 heteroatoms. The third kappa shape index (κ3) is 4.89. The zero-order valence-electron chi connectivity index (χ0n) is 16.8. The first-order chi connectivity index (χ1) is 14.7. The van der Waals surface area contributed by atoms with E-state index in [1.54, 1.807) is 18.9 Å². The largest absolute Gasteiger partial charge is 0.497 e. The molecule has 5 nitrogen and oxygen atoms in total. The second kappa shape index (κ2) is 9.59. The molecule has 3 aromatic rings. The van der Waals surface area contributed by atoms with E-state index in [9.17, 15) is 4.79 Å². The number of hydrogen-bond acceptors (Lipinski definition) is 4. The van der Waals surface area contributed by atoms with Gasteiger partial charge < -0.3 is 19.7 Å². The monoisotopic (exact) mass is 420 g/mol. The van der Waals surface area contributed by atoms with Crippen molar-refractivity contribution in [1.29, 1.82) is 0 Å². The Morgan fingerprint density at radius 1 is 1.03 bits per heavy atom. The number of nitrogens with one attached hydrogen (secondary N) is 1. The van der Waals surface area contributed by atoms with Gasteiger partial charge in [-0.05, 0) is 35.4 Å². The normalized spacial score (nSPS) is 15.6. The number of anilines is 1. The van der Waals surface area contributed by atoms with E-state index in [1.165, 1.54) is 0 Å². The summed E-state index contributed by atoms with van der Waals surface area (Å²) in [6.07, 6.45) is 0. The predicted octanol–water partition coefficient (Wildman–Crippen LogP) is 5.55. The molecule has 1 saturated heterocycles. The molecule has 0 bridgehead atoms. The molecule has 1 N–H and O–H groups in total. The second-order valence-electron chi connectivity index (χ2n) is 6.93. The first-order valence-electron chi connectivity index (χ1n) is 9.83. The molecule has 30 heavy (non-hydrogen) atoms. The average molecular weight is 421 g/mol. The lowest BCUT2D eigenvalue weighted by molar-refractivity contribution is 0.214. The van der Waals surface area contributed by atoms with Gasteiger partial charge in [0.25, 0.3) is 0 Å². The van der Waals surface area contributed by atoms with Crippen LogP contribution in [0.25, 0.3) is 0 Å². The number of nitrogens with zero attached hydrogens (tertiary/aromatic N) is 1. The van der Waals surface area contributed by atoms with Crippen molar-refractivity contribution < 1.29 is 14.3 Å². The van der Waals surface area contributed by atoms with Crippen molar-refractivity contribution in [2.24, 2.45) is 0 Å². The number of thioether (sulfide) groups is 1. The van der Waals surface area contributed by atoms with Gasteiger partial charge in [-0.1, -0.05) is 48.5 Å². The number of hydrogen-bond donors (Lipinski definition) is 1. The van der Waals surface area contributed by atoms with Gasteiger partial charge in [-0.3, -0.25) is 0 Å². The topological polar surface area (TPSA) is 50.8 Å². The maximum atomic E-state index is 12.9. The van der Waals surface area contributed by atoms with E-state index in [0.29, 0.717) is 18.9 Å². The van der Waals surface area contributed by atoms with E-state index in [4.69, 9.17) is 9.47 Å². The molecule has 0 saturated carbocycles. The fraction of sp³-hybridized carbons (Fsp3) is 0.208. The van der Waals surface area contributed by atoms with E-state index < -0.39 is 0 Å². The van der Waals surface area contributed by atoms with Crippen LogP contribution in [0.2, 0.25) is 0 Å². The summed E-state index contributed by atoms with van der Waals surface area (Å²) < 4.78 is 11.2. The summed E-state index contributed by atoms with van der Waals surface area (Å²) in [7, 11) is 1.61. The van der Waals surface area contributed by atoms with Gasteiger partial charge in [-0.25, -0.2) is 4.79 Å². The Balaban J connectivity index is 1.44. The van der Waals surface area contributed by atoms with Crippen molar-refractivity contribution in [1.82, 2.24) is 4.90 Å². The van der Waals surface area contributed by atoms with Crippen LogP contribution in [0.4, 0.5) is 10.5 Å². The van der Waals surface area contributed by atoms with Gasteiger partial charge in [0.1, 0.15) is 23.5 Å². The predicted molar refractivity (Wildman–Crippen MR) is 121 cm³/mol. The third-order valence-electron chi connectivity index (χ3n) is 4.86. The number of carbonyl (C=O) groups excluding carboxylic acids is 1. The molecule has 1 heterocycles. The van der Waals surface area contributed by atoms with Gasteiger partial charge >= 0.3 is 6.03 Å².